The van der Waals surface area contributed by atoms with E-state index in [9.17, 15) is 4.79 Å². The normalized spacial score (nSPS) is 13.5. The number of thiophene rings is 1. The van der Waals surface area contributed by atoms with E-state index in [1.54, 1.807) is 18.4 Å². The summed E-state index contributed by atoms with van der Waals surface area (Å²) in [6.45, 7) is 6.55. The lowest BCUT2D eigenvalue weighted by atomic mass is 9.92. The second-order valence-electron chi connectivity index (χ2n) is 4.71. The van der Waals surface area contributed by atoms with Gasteiger partial charge in [-0.2, -0.15) is 0 Å². The van der Waals surface area contributed by atoms with Gasteiger partial charge >= 0.3 is 0 Å². The Morgan fingerprint density at radius 3 is 2.65 bits per heavy atom. The molecule has 17 heavy (non-hydrogen) atoms. The summed E-state index contributed by atoms with van der Waals surface area (Å²) >= 11 is 7.46. The number of hydrogen-bond donors (Lipinski definition) is 2. The average molecular weight is 275 g/mol. The van der Waals surface area contributed by atoms with E-state index in [1.807, 2.05) is 26.0 Å². The van der Waals surface area contributed by atoms with Gasteiger partial charge in [0, 0.05) is 24.5 Å². The summed E-state index contributed by atoms with van der Waals surface area (Å²) in [5, 5.41) is 6.03. The smallest absolute Gasteiger partial charge is 0.226 e. The van der Waals surface area contributed by atoms with Crippen LogP contribution in [0.2, 0.25) is 4.34 Å². The number of nitrogens with one attached hydrogen (secondary N) is 2. The first-order valence-electron chi connectivity index (χ1n) is 5.57. The van der Waals surface area contributed by atoms with Crippen molar-refractivity contribution in [3.05, 3.63) is 21.3 Å². The van der Waals surface area contributed by atoms with E-state index < -0.39 is 5.41 Å². The first-order valence-corrected chi connectivity index (χ1v) is 6.77. The van der Waals surface area contributed by atoms with E-state index in [4.69, 9.17) is 11.6 Å². The highest BCUT2D eigenvalue weighted by Crippen LogP contribution is 2.27. The van der Waals surface area contributed by atoms with Crippen LogP contribution in [0.25, 0.3) is 0 Å². The van der Waals surface area contributed by atoms with Crippen molar-refractivity contribution in [1.82, 2.24) is 10.6 Å². The summed E-state index contributed by atoms with van der Waals surface area (Å²) in [4.78, 5) is 12.8. The molecule has 1 rings (SSSR count). The van der Waals surface area contributed by atoms with E-state index in [0.29, 0.717) is 6.54 Å². The molecule has 3 nitrogen and oxygen atoms in total. The molecule has 0 aromatic carbocycles. The molecule has 1 atom stereocenters. The van der Waals surface area contributed by atoms with Crippen LogP contribution < -0.4 is 10.6 Å². The molecule has 0 bridgehead atoms. The van der Waals surface area contributed by atoms with Crippen molar-refractivity contribution in [2.24, 2.45) is 5.41 Å². The fourth-order valence-electron chi connectivity index (χ4n) is 1.49. The SMILES string of the molecule is CNC(=O)C(C)(C)CNC(C)c1ccc(Cl)s1. The molecule has 0 spiro atoms. The second-order valence-corrected chi connectivity index (χ2v) is 6.45. The molecule has 1 amide bonds. The molecule has 1 heterocycles. The molecule has 0 saturated carbocycles. The quantitative estimate of drug-likeness (QED) is 0.867. The Bertz CT molecular complexity index is 390. The molecule has 1 aromatic rings. The Morgan fingerprint density at radius 1 is 1.53 bits per heavy atom. The van der Waals surface area contributed by atoms with E-state index >= 15 is 0 Å². The maximum absolute atomic E-state index is 11.6. The van der Waals surface area contributed by atoms with E-state index in [1.165, 1.54) is 4.88 Å². The zero-order valence-corrected chi connectivity index (χ0v) is 12.2. The largest absolute Gasteiger partial charge is 0.359 e. The predicted octanol–water partition coefficient (Wildman–Crippen LogP) is 2.82. The van der Waals surface area contributed by atoms with Crippen LogP contribution in [-0.2, 0) is 4.79 Å². The van der Waals surface area contributed by atoms with Gasteiger partial charge in [-0.3, -0.25) is 4.79 Å². The number of amides is 1. The van der Waals surface area contributed by atoms with Gasteiger partial charge in [0.1, 0.15) is 0 Å². The number of carbonyl (C=O) groups excluding carboxylic acids is 1. The Kier molecular flexibility index (Phi) is 4.98. The summed E-state index contributed by atoms with van der Waals surface area (Å²) < 4.78 is 0.791. The molecule has 96 valence electrons. The molecule has 0 radical (unpaired) electrons. The van der Waals surface area contributed by atoms with Crippen LogP contribution in [0.4, 0.5) is 0 Å². The zero-order chi connectivity index (χ0) is 13.1. The summed E-state index contributed by atoms with van der Waals surface area (Å²) in [6, 6.07) is 4.11. The maximum atomic E-state index is 11.6. The summed E-state index contributed by atoms with van der Waals surface area (Å²) in [7, 11) is 1.66. The molecule has 0 aliphatic rings. The van der Waals surface area contributed by atoms with Crippen LogP contribution >= 0.6 is 22.9 Å². The van der Waals surface area contributed by atoms with Crippen molar-refractivity contribution in [2.45, 2.75) is 26.8 Å². The van der Waals surface area contributed by atoms with Gasteiger partial charge in [-0.1, -0.05) is 11.6 Å². The standard InChI is InChI=1S/C12H19ClN2OS/c1-8(9-5-6-10(13)17-9)15-7-12(2,3)11(16)14-4/h5-6,8,15H,7H2,1-4H3,(H,14,16). The molecule has 5 heteroatoms. The molecule has 0 aliphatic heterocycles. The third-order valence-electron chi connectivity index (χ3n) is 2.71. The van der Waals surface area contributed by atoms with Crippen molar-refractivity contribution >= 4 is 28.8 Å². The molecule has 1 unspecified atom stereocenters. The van der Waals surface area contributed by atoms with E-state index in [2.05, 4.69) is 17.6 Å². The van der Waals surface area contributed by atoms with Gasteiger partial charge in [0.2, 0.25) is 5.91 Å². The molecular weight excluding hydrogens is 256 g/mol. The third-order valence-corrected chi connectivity index (χ3v) is 4.13. The van der Waals surface area contributed by atoms with Crippen LogP contribution in [0.3, 0.4) is 0 Å². The van der Waals surface area contributed by atoms with Gasteiger partial charge in [0.15, 0.2) is 0 Å². The monoisotopic (exact) mass is 274 g/mol. The molecule has 0 aliphatic carbocycles. The first-order chi connectivity index (χ1) is 7.86. The second kappa shape index (κ2) is 5.85. The summed E-state index contributed by atoms with van der Waals surface area (Å²) in [6.07, 6.45) is 0. The zero-order valence-electron chi connectivity index (χ0n) is 10.6. The average Bonchev–Trinajstić information content (AvgIpc) is 2.71. The van der Waals surface area contributed by atoms with Crippen LogP contribution in [-0.4, -0.2) is 19.5 Å². The third kappa shape index (κ3) is 3.98. The minimum absolute atomic E-state index is 0.0430. The van der Waals surface area contributed by atoms with Gasteiger partial charge in [-0.05, 0) is 32.9 Å². The van der Waals surface area contributed by atoms with E-state index in [0.717, 1.165) is 4.34 Å². The van der Waals surface area contributed by atoms with Gasteiger partial charge in [-0.25, -0.2) is 0 Å². The fourth-order valence-corrected chi connectivity index (χ4v) is 2.58. The van der Waals surface area contributed by atoms with Gasteiger partial charge in [-0.15, -0.1) is 11.3 Å². The van der Waals surface area contributed by atoms with Gasteiger partial charge < -0.3 is 10.6 Å². The predicted molar refractivity (Wildman–Crippen MR) is 73.6 cm³/mol. The van der Waals surface area contributed by atoms with Crippen molar-refractivity contribution in [1.29, 1.82) is 0 Å². The minimum Gasteiger partial charge on any atom is -0.359 e. The lowest BCUT2D eigenvalue weighted by Gasteiger charge is -2.25. The van der Waals surface area contributed by atoms with Gasteiger partial charge in [0.05, 0.1) is 9.75 Å². The Hall–Kier alpha value is -0.580. The molecular formula is C12H19ClN2OS. The van der Waals surface area contributed by atoms with Gasteiger partial charge in [0.25, 0.3) is 0 Å². The lowest BCUT2D eigenvalue weighted by Crippen LogP contribution is -2.42. The maximum Gasteiger partial charge on any atom is 0.226 e. The van der Waals surface area contributed by atoms with Crippen molar-refractivity contribution in [2.75, 3.05) is 13.6 Å². The Labute approximate surface area is 112 Å². The molecule has 0 saturated heterocycles. The van der Waals surface area contributed by atoms with E-state index in [-0.39, 0.29) is 11.9 Å². The first kappa shape index (κ1) is 14.5. The molecule has 2 N–H and O–H groups in total. The van der Waals surface area contributed by atoms with Crippen LogP contribution in [0, 0.1) is 5.41 Å². The Balaban J connectivity index is 2.53. The minimum atomic E-state index is -0.413. The Morgan fingerprint density at radius 2 is 2.18 bits per heavy atom. The number of halogens is 1. The number of rotatable bonds is 5. The van der Waals surface area contributed by atoms with Crippen LogP contribution in [0.1, 0.15) is 31.7 Å². The molecule has 0 fully saturated rings. The number of hydrogen-bond acceptors (Lipinski definition) is 3. The highest BCUT2D eigenvalue weighted by molar-refractivity contribution is 7.16. The summed E-state index contributed by atoms with van der Waals surface area (Å²) in [5.41, 5.74) is -0.413. The highest BCUT2D eigenvalue weighted by Gasteiger charge is 2.26. The van der Waals surface area contributed by atoms with Crippen molar-refractivity contribution in [3.8, 4) is 0 Å². The molecule has 1 aromatic heterocycles. The van der Waals surface area contributed by atoms with Crippen molar-refractivity contribution < 1.29 is 4.79 Å². The fraction of sp³-hybridized carbons (Fsp3) is 0.583. The highest BCUT2D eigenvalue weighted by atomic mass is 35.5. The topological polar surface area (TPSA) is 41.1 Å². The van der Waals surface area contributed by atoms with Crippen molar-refractivity contribution in [3.63, 3.8) is 0 Å². The summed E-state index contributed by atoms with van der Waals surface area (Å²) in [5.74, 6) is 0.0430. The lowest BCUT2D eigenvalue weighted by molar-refractivity contribution is -0.128. The number of carbonyl (C=O) groups is 1. The van der Waals surface area contributed by atoms with Crippen LogP contribution in [0.15, 0.2) is 12.1 Å². The van der Waals surface area contributed by atoms with Crippen LogP contribution in [0.5, 0.6) is 0 Å².